The van der Waals surface area contributed by atoms with Crippen LogP contribution in [0.25, 0.3) is 0 Å². The molecule has 9 nitrogen and oxygen atoms in total. The van der Waals surface area contributed by atoms with Crippen molar-refractivity contribution in [2.24, 2.45) is 0 Å². The number of nitrogens with one attached hydrogen (secondary N) is 2. The first kappa shape index (κ1) is 32.6. The molecule has 0 aliphatic heterocycles. The molecular weight excluding hydrogens is 572 g/mol. The predicted octanol–water partition coefficient (Wildman–Crippen LogP) is 7.17. The summed E-state index contributed by atoms with van der Waals surface area (Å²) in [5, 5.41) is 5.58. The van der Waals surface area contributed by atoms with Crippen LogP contribution in [0.4, 0.5) is 10.5 Å². The number of ether oxygens (including phenoxy) is 4. The second kappa shape index (κ2) is 16.0. The Morgan fingerprint density at radius 3 is 2.04 bits per heavy atom. The molecule has 0 spiro atoms. The monoisotopic (exact) mass is 610 g/mol. The molecular formula is C36H38N2O7. The molecule has 0 aliphatic rings. The molecule has 0 atom stereocenters. The quantitative estimate of drug-likeness (QED) is 0.122. The lowest BCUT2D eigenvalue weighted by molar-refractivity contribution is 0.0470. The molecule has 2 N–H and O–H groups in total. The van der Waals surface area contributed by atoms with Gasteiger partial charge in [-0.2, -0.15) is 0 Å². The summed E-state index contributed by atoms with van der Waals surface area (Å²) in [6, 6.07) is 30.6. The van der Waals surface area contributed by atoms with Gasteiger partial charge in [-0.25, -0.2) is 9.59 Å². The van der Waals surface area contributed by atoms with Crippen LogP contribution in [-0.4, -0.2) is 36.7 Å². The maximum Gasteiger partial charge on any atom is 0.407 e. The van der Waals surface area contributed by atoms with Gasteiger partial charge in [-0.15, -0.1) is 0 Å². The molecule has 2 amide bonds. The molecule has 45 heavy (non-hydrogen) atoms. The van der Waals surface area contributed by atoms with Gasteiger partial charge in [0.05, 0.1) is 23.4 Å². The minimum absolute atomic E-state index is 0.131. The number of hydrogen-bond donors (Lipinski definition) is 2. The fourth-order valence-electron chi connectivity index (χ4n) is 4.14. The molecule has 0 bridgehead atoms. The zero-order valence-electron chi connectivity index (χ0n) is 25.7. The number of amides is 2. The van der Waals surface area contributed by atoms with E-state index in [2.05, 4.69) is 10.6 Å². The molecule has 0 saturated heterocycles. The van der Waals surface area contributed by atoms with E-state index in [4.69, 9.17) is 18.9 Å². The van der Waals surface area contributed by atoms with Crippen molar-refractivity contribution in [2.45, 2.75) is 46.0 Å². The van der Waals surface area contributed by atoms with Crippen LogP contribution in [0.2, 0.25) is 0 Å². The lowest BCUT2D eigenvalue weighted by atomic mass is 10.1. The number of hydrogen-bond acceptors (Lipinski definition) is 7. The van der Waals surface area contributed by atoms with Gasteiger partial charge in [0.25, 0.3) is 5.91 Å². The van der Waals surface area contributed by atoms with Gasteiger partial charge in [0.2, 0.25) is 0 Å². The number of benzene rings is 4. The van der Waals surface area contributed by atoms with Gasteiger partial charge in [0.1, 0.15) is 30.3 Å². The number of para-hydroxylation sites is 1. The number of carbonyl (C=O) groups excluding carboxylic acids is 3. The van der Waals surface area contributed by atoms with E-state index < -0.39 is 23.6 Å². The Hall–Kier alpha value is -5.31. The predicted molar refractivity (Wildman–Crippen MR) is 172 cm³/mol. The Kier molecular flexibility index (Phi) is 11.6. The molecule has 0 aliphatic carbocycles. The fourth-order valence-corrected chi connectivity index (χ4v) is 4.14. The van der Waals surface area contributed by atoms with Crippen LogP contribution in [0.1, 0.15) is 59.0 Å². The van der Waals surface area contributed by atoms with Crippen molar-refractivity contribution in [3.8, 4) is 11.5 Å². The van der Waals surface area contributed by atoms with E-state index in [1.807, 2.05) is 60.7 Å². The highest BCUT2D eigenvalue weighted by Crippen LogP contribution is 2.29. The second-order valence-electron chi connectivity index (χ2n) is 11.1. The summed E-state index contributed by atoms with van der Waals surface area (Å²) in [5.74, 6) is -0.226. The highest BCUT2D eigenvalue weighted by Gasteiger charge is 2.18. The summed E-state index contributed by atoms with van der Waals surface area (Å²) in [6.45, 7) is 6.37. The summed E-state index contributed by atoms with van der Waals surface area (Å²) >= 11 is 0. The summed E-state index contributed by atoms with van der Waals surface area (Å²) in [5.41, 5.74) is 2.20. The number of carbonyl (C=O) groups is 3. The average Bonchev–Trinajstić information content (AvgIpc) is 3.03. The zero-order valence-corrected chi connectivity index (χ0v) is 25.7. The Morgan fingerprint density at radius 2 is 1.36 bits per heavy atom. The van der Waals surface area contributed by atoms with Gasteiger partial charge in [0.15, 0.2) is 0 Å². The minimum Gasteiger partial charge on any atom is -0.493 e. The van der Waals surface area contributed by atoms with E-state index in [0.29, 0.717) is 35.7 Å². The SMILES string of the molecule is CC(C)(C)OC(=O)NCCCOc1ccccc1C(=O)Nc1ccc(C(=O)OCc2ccccc2)cc1OCc1ccccc1. The molecule has 0 saturated carbocycles. The van der Waals surface area contributed by atoms with Crippen LogP contribution in [0, 0.1) is 0 Å². The number of esters is 1. The molecule has 4 rings (SSSR count). The molecule has 0 radical (unpaired) electrons. The third-order valence-corrected chi connectivity index (χ3v) is 6.29. The van der Waals surface area contributed by atoms with Crippen molar-refractivity contribution in [2.75, 3.05) is 18.5 Å². The van der Waals surface area contributed by atoms with E-state index in [0.717, 1.165) is 11.1 Å². The molecule has 4 aromatic carbocycles. The summed E-state index contributed by atoms with van der Waals surface area (Å²) in [6.07, 6.45) is 0.0113. The minimum atomic E-state index is -0.578. The van der Waals surface area contributed by atoms with Crippen LogP contribution in [-0.2, 0) is 22.7 Å². The van der Waals surface area contributed by atoms with Gasteiger partial charge < -0.3 is 29.6 Å². The topological polar surface area (TPSA) is 112 Å². The summed E-state index contributed by atoms with van der Waals surface area (Å²) in [7, 11) is 0. The average molecular weight is 611 g/mol. The molecule has 9 heteroatoms. The van der Waals surface area contributed by atoms with Crippen LogP contribution in [0.3, 0.4) is 0 Å². The van der Waals surface area contributed by atoms with Crippen molar-refractivity contribution in [1.29, 1.82) is 0 Å². The lowest BCUT2D eigenvalue weighted by Gasteiger charge is -2.19. The van der Waals surface area contributed by atoms with Crippen molar-refractivity contribution in [1.82, 2.24) is 5.32 Å². The highest BCUT2D eigenvalue weighted by molar-refractivity contribution is 6.07. The first-order valence-electron chi connectivity index (χ1n) is 14.7. The molecule has 4 aromatic rings. The largest absolute Gasteiger partial charge is 0.493 e. The summed E-state index contributed by atoms with van der Waals surface area (Å²) in [4.78, 5) is 38.2. The number of alkyl carbamates (subject to hydrolysis) is 1. The molecule has 234 valence electrons. The normalized spacial score (nSPS) is 10.8. The third kappa shape index (κ3) is 10.7. The maximum absolute atomic E-state index is 13.4. The van der Waals surface area contributed by atoms with E-state index in [-0.39, 0.29) is 25.4 Å². The standard InChI is InChI=1S/C36H38N2O7/c1-36(2,3)45-35(41)37-21-12-22-42-31-18-11-10-17-29(31)33(39)38-30-20-19-28(34(40)44-25-27-15-8-5-9-16-27)23-32(30)43-24-26-13-6-4-7-14-26/h4-11,13-20,23H,12,21-22,24-25H2,1-3H3,(H,37,41)(H,38,39). The van der Waals surface area contributed by atoms with E-state index >= 15 is 0 Å². The van der Waals surface area contributed by atoms with Gasteiger partial charge in [-0.3, -0.25) is 4.79 Å². The van der Waals surface area contributed by atoms with E-state index in [1.54, 1.807) is 63.2 Å². The lowest BCUT2D eigenvalue weighted by Crippen LogP contribution is -2.33. The number of anilines is 1. The summed E-state index contributed by atoms with van der Waals surface area (Å²) < 4.78 is 22.7. The highest BCUT2D eigenvalue weighted by atomic mass is 16.6. The van der Waals surface area contributed by atoms with Crippen molar-refractivity contribution in [3.63, 3.8) is 0 Å². The molecule has 0 fully saturated rings. The van der Waals surface area contributed by atoms with Gasteiger partial charge >= 0.3 is 12.1 Å². The first-order chi connectivity index (χ1) is 21.7. The molecule has 0 heterocycles. The Balaban J connectivity index is 1.42. The Bertz CT molecular complexity index is 1570. The zero-order chi connectivity index (χ0) is 32.1. The fraction of sp³-hybridized carbons (Fsp3) is 0.250. The molecule has 0 unspecified atom stereocenters. The second-order valence-corrected chi connectivity index (χ2v) is 11.1. The molecule has 0 aromatic heterocycles. The first-order valence-corrected chi connectivity index (χ1v) is 14.7. The van der Waals surface area contributed by atoms with Crippen molar-refractivity contribution in [3.05, 3.63) is 125 Å². The van der Waals surface area contributed by atoms with E-state index in [9.17, 15) is 14.4 Å². The van der Waals surface area contributed by atoms with Crippen molar-refractivity contribution < 1.29 is 33.3 Å². The smallest absolute Gasteiger partial charge is 0.407 e. The van der Waals surface area contributed by atoms with Crippen LogP contribution in [0.5, 0.6) is 11.5 Å². The van der Waals surface area contributed by atoms with Crippen LogP contribution >= 0.6 is 0 Å². The van der Waals surface area contributed by atoms with E-state index in [1.165, 1.54) is 0 Å². The van der Waals surface area contributed by atoms with Gasteiger partial charge in [-0.05, 0) is 68.7 Å². The Morgan fingerprint density at radius 1 is 0.711 bits per heavy atom. The maximum atomic E-state index is 13.4. The van der Waals surface area contributed by atoms with Crippen LogP contribution in [0.15, 0.2) is 103 Å². The van der Waals surface area contributed by atoms with Gasteiger partial charge in [-0.1, -0.05) is 72.8 Å². The number of rotatable bonds is 13. The van der Waals surface area contributed by atoms with Crippen molar-refractivity contribution >= 4 is 23.7 Å². The van der Waals surface area contributed by atoms with Gasteiger partial charge in [0, 0.05) is 6.54 Å². The third-order valence-electron chi connectivity index (χ3n) is 6.29. The van der Waals surface area contributed by atoms with Crippen LogP contribution < -0.4 is 20.1 Å². The Labute approximate surface area is 263 Å².